The molecule has 3 rings (SSSR count). The molecular formula is C16H13BrN2O2. The number of aromatic nitrogens is 2. The summed E-state index contributed by atoms with van der Waals surface area (Å²) in [5.74, 6) is -0.355. The highest BCUT2D eigenvalue weighted by Crippen LogP contribution is 2.27. The minimum Gasteiger partial charge on any atom is -0.465 e. The molecule has 4 nitrogen and oxygen atoms in total. The summed E-state index contributed by atoms with van der Waals surface area (Å²) in [5.41, 5.74) is 3.61. The van der Waals surface area contributed by atoms with Gasteiger partial charge in [-0.2, -0.15) is 5.10 Å². The fraction of sp³-hybridized carbons (Fsp3) is 0.125. The molecule has 21 heavy (non-hydrogen) atoms. The average molecular weight is 345 g/mol. The van der Waals surface area contributed by atoms with Crippen molar-refractivity contribution in [3.8, 4) is 5.69 Å². The molecule has 0 saturated carbocycles. The Kier molecular flexibility index (Phi) is 3.51. The molecular weight excluding hydrogens is 332 g/mol. The van der Waals surface area contributed by atoms with E-state index in [0.29, 0.717) is 10.2 Å². The Morgan fingerprint density at radius 3 is 2.57 bits per heavy atom. The Balaban J connectivity index is 2.17. The molecule has 0 amide bonds. The topological polar surface area (TPSA) is 44.1 Å². The molecule has 1 heterocycles. The van der Waals surface area contributed by atoms with Gasteiger partial charge < -0.3 is 4.74 Å². The number of methoxy groups -OCH3 is 1. The van der Waals surface area contributed by atoms with Crippen LogP contribution in [0.4, 0.5) is 0 Å². The molecule has 0 aliphatic rings. The average Bonchev–Trinajstić information content (AvgIpc) is 2.84. The standard InChI is InChI=1S/C16H13BrN2O2/c1-10-3-6-12(7-4-10)19-14-8-5-11(16(20)21-2)9-13(14)15(17)18-19/h3-9H,1-2H3. The number of hydrogen-bond acceptors (Lipinski definition) is 3. The van der Waals surface area contributed by atoms with Crippen molar-refractivity contribution in [1.82, 2.24) is 9.78 Å². The second-order valence-corrected chi connectivity index (χ2v) is 5.51. The van der Waals surface area contributed by atoms with Gasteiger partial charge in [0.25, 0.3) is 0 Å². The fourth-order valence-corrected chi connectivity index (χ4v) is 2.69. The predicted octanol–water partition coefficient (Wildman–Crippen LogP) is 3.88. The van der Waals surface area contributed by atoms with Gasteiger partial charge in [0.15, 0.2) is 0 Å². The summed E-state index contributed by atoms with van der Waals surface area (Å²) >= 11 is 3.45. The Labute approximate surface area is 130 Å². The van der Waals surface area contributed by atoms with E-state index < -0.39 is 0 Å². The van der Waals surface area contributed by atoms with E-state index in [-0.39, 0.29) is 5.97 Å². The maximum atomic E-state index is 11.6. The molecule has 1 aromatic heterocycles. The summed E-state index contributed by atoms with van der Waals surface area (Å²) in [5, 5.41) is 5.37. The molecule has 0 radical (unpaired) electrons. The van der Waals surface area contributed by atoms with Gasteiger partial charge in [-0.3, -0.25) is 0 Å². The van der Waals surface area contributed by atoms with Crippen molar-refractivity contribution >= 4 is 32.8 Å². The first-order valence-corrected chi connectivity index (χ1v) is 7.23. The Morgan fingerprint density at radius 2 is 1.90 bits per heavy atom. The smallest absolute Gasteiger partial charge is 0.337 e. The largest absolute Gasteiger partial charge is 0.465 e. The van der Waals surface area contributed by atoms with E-state index >= 15 is 0 Å². The number of esters is 1. The van der Waals surface area contributed by atoms with Gasteiger partial charge in [0, 0.05) is 5.39 Å². The van der Waals surface area contributed by atoms with Crippen LogP contribution in [-0.2, 0) is 4.74 Å². The summed E-state index contributed by atoms with van der Waals surface area (Å²) in [4.78, 5) is 11.6. The molecule has 0 bridgehead atoms. The van der Waals surface area contributed by atoms with Crippen LogP contribution in [0, 0.1) is 6.92 Å². The number of fused-ring (bicyclic) bond motifs is 1. The number of carbonyl (C=O) groups excluding carboxylic acids is 1. The van der Waals surface area contributed by atoms with Crippen molar-refractivity contribution in [2.45, 2.75) is 6.92 Å². The Bertz CT molecular complexity index is 822. The van der Waals surface area contributed by atoms with Crippen LogP contribution in [0.1, 0.15) is 15.9 Å². The third-order valence-corrected chi connectivity index (χ3v) is 3.92. The van der Waals surface area contributed by atoms with Crippen molar-refractivity contribution in [3.63, 3.8) is 0 Å². The van der Waals surface area contributed by atoms with Crippen LogP contribution in [-0.4, -0.2) is 22.9 Å². The molecule has 0 aliphatic heterocycles. The number of aryl methyl sites for hydroxylation is 1. The van der Waals surface area contributed by atoms with Gasteiger partial charge in [0.1, 0.15) is 4.60 Å². The second kappa shape index (κ2) is 5.33. The summed E-state index contributed by atoms with van der Waals surface area (Å²) in [6.07, 6.45) is 0. The van der Waals surface area contributed by atoms with Crippen molar-refractivity contribution in [2.75, 3.05) is 7.11 Å². The third-order valence-electron chi connectivity index (χ3n) is 3.33. The molecule has 0 N–H and O–H groups in total. The molecule has 3 aromatic rings. The number of benzene rings is 2. The number of rotatable bonds is 2. The molecule has 0 atom stereocenters. The van der Waals surface area contributed by atoms with E-state index in [1.54, 1.807) is 12.1 Å². The molecule has 0 fully saturated rings. The Hall–Kier alpha value is -2.14. The second-order valence-electron chi connectivity index (χ2n) is 4.76. The number of ether oxygens (including phenoxy) is 1. The van der Waals surface area contributed by atoms with Crippen LogP contribution in [0.2, 0.25) is 0 Å². The van der Waals surface area contributed by atoms with Crippen LogP contribution in [0.3, 0.4) is 0 Å². The quantitative estimate of drug-likeness (QED) is 0.662. The molecule has 5 heteroatoms. The van der Waals surface area contributed by atoms with E-state index in [1.807, 2.05) is 41.9 Å². The summed E-state index contributed by atoms with van der Waals surface area (Å²) in [7, 11) is 1.37. The zero-order valence-electron chi connectivity index (χ0n) is 11.6. The van der Waals surface area contributed by atoms with Gasteiger partial charge in [0.2, 0.25) is 0 Å². The molecule has 0 aliphatic carbocycles. The van der Waals surface area contributed by atoms with E-state index in [0.717, 1.165) is 16.6 Å². The molecule has 106 valence electrons. The van der Waals surface area contributed by atoms with Crippen LogP contribution in [0.15, 0.2) is 47.1 Å². The van der Waals surface area contributed by atoms with Gasteiger partial charge in [-0.25, -0.2) is 9.48 Å². The summed E-state index contributed by atoms with van der Waals surface area (Å²) in [6, 6.07) is 13.5. The Morgan fingerprint density at radius 1 is 1.19 bits per heavy atom. The van der Waals surface area contributed by atoms with Crippen LogP contribution >= 0.6 is 15.9 Å². The van der Waals surface area contributed by atoms with E-state index in [1.165, 1.54) is 12.7 Å². The lowest BCUT2D eigenvalue weighted by Crippen LogP contribution is -2.01. The third kappa shape index (κ3) is 2.45. The van der Waals surface area contributed by atoms with E-state index in [9.17, 15) is 4.79 Å². The monoisotopic (exact) mass is 344 g/mol. The van der Waals surface area contributed by atoms with Gasteiger partial charge >= 0.3 is 5.97 Å². The summed E-state index contributed by atoms with van der Waals surface area (Å²) < 4.78 is 7.29. The minimum absolute atomic E-state index is 0.355. The maximum Gasteiger partial charge on any atom is 0.337 e. The maximum absolute atomic E-state index is 11.6. The lowest BCUT2D eigenvalue weighted by Gasteiger charge is -2.04. The SMILES string of the molecule is COC(=O)c1ccc2c(c1)c(Br)nn2-c1ccc(C)cc1. The van der Waals surface area contributed by atoms with E-state index in [4.69, 9.17) is 4.74 Å². The number of carbonyl (C=O) groups is 1. The fourth-order valence-electron chi connectivity index (χ4n) is 2.21. The van der Waals surface area contributed by atoms with Crippen molar-refractivity contribution in [2.24, 2.45) is 0 Å². The first kappa shape index (κ1) is 13.8. The molecule has 0 saturated heterocycles. The number of halogens is 1. The highest BCUT2D eigenvalue weighted by molar-refractivity contribution is 9.10. The zero-order valence-corrected chi connectivity index (χ0v) is 13.2. The van der Waals surface area contributed by atoms with Gasteiger partial charge in [-0.1, -0.05) is 17.7 Å². The predicted molar refractivity (Wildman–Crippen MR) is 84.8 cm³/mol. The van der Waals surface area contributed by atoms with Crippen molar-refractivity contribution < 1.29 is 9.53 Å². The number of nitrogens with zero attached hydrogens (tertiary/aromatic N) is 2. The highest BCUT2D eigenvalue weighted by atomic mass is 79.9. The van der Waals surface area contributed by atoms with Crippen LogP contribution in [0.5, 0.6) is 0 Å². The van der Waals surface area contributed by atoms with Crippen LogP contribution in [0.25, 0.3) is 16.6 Å². The van der Waals surface area contributed by atoms with Gasteiger partial charge in [0.05, 0.1) is 23.9 Å². The van der Waals surface area contributed by atoms with Gasteiger partial charge in [-0.15, -0.1) is 0 Å². The molecule has 0 unspecified atom stereocenters. The minimum atomic E-state index is -0.355. The highest BCUT2D eigenvalue weighted by Gasteiger charge is 2.13. The van der Waals surface area contributed by atoms with Crippen LogP contribution < -0.4 is 0 Å². The van der Waals surface area contributed by atoms with Crippen molar-refractivity contribution in [3.05, 3.63) is 58.2 Å². The first-order chi connectivity index (χ1) is 10.1. The lowest BCUT2D eigenvalue weighted by molar-refractivity contribution is 0.0601. The first-order valence-electron chi connectivity index (χ1n) is 6.44. The van der Waals surface area contributed by atoms with Gasteiger partial charge in [-0.05, 0) is 53.2 Å². The van der Waals surface area contributed by atoms with Crippen molar-refractivity contribution in [1.29, 1.82) is 0 Å². The normalized spacial score (nSPS) is 10.8. The number of hydrogen-bond donors (Lipinski definition) is 0. The lowest BCUT2D eigenvalue weighted by atomic mass is 10.1. The molecule has 0 spiro atoms. The molecule has 2 aromatic carbocycles. The summed E-state index contributed by atoms with van der Waals surface area (Å²) in [6.45, 7) is 2.05. The van der Waals surface area contributed by atoms with E-state index in [2.05, 4.69) is 21.0 Å². The zero-order chi connectivity index (χ0) is 15.0.